The van der Waals surface area contributed by atoms with Crippen molar-refractivity contribution in [3.8, 4) is 11.5 Å². The Labute approximate surface area is 207 Å². The molecular formula is C28H36N2O5. The van der Waals surface area contributed by atoms with Crippen molar-refractivity contribution in [3.63, 3.8) is 0 Å². The number of aliphatic hydroxyl groups excluding tert-OH is 1. The molecule has 4 heterocycles. The SMILES string of the molecule is CN1CCC(N2CCC(C3(c4ccc(C(O)c5ccc6c(c5)OCO6)cc4)OCCO3)CC2)CC1. The van der Waals surface area contributed by atoms with E-state index in [1.807, 2.05) is 30.3 Å². The minimum Gasteiger partial charge on any atom is -0.454 e. The molecule has 7 heteroatoms. The third kappa shape index (κ3) is 4.45. The van der Waals surface area contributed by atoms with Gasteiger partial charge in [-0.2, -0.15) is 0 Å². The summed E-state index contributed by atoms with van der Waals surface area (Å²) in [4.78, 5) is 5.13. The highest BCUT2D eigenvalue weighted by Gasteiger charge is 2.47. The van der Waals surface area contributed by atoms with E-state index in [4.69, 9.17) is 18.9 Å². The summed E-state index contributed by atoms with van der Waals surface area (Å²) in [5, 5.41) is 11.0. The molecule has 0 saturated carbocycles. The van der Waals surface area contributed by atoms with E-state index in [1.165, 1.54) is 25.9 Å². The standard InChI is InChI=1S/C28H36N2O5/c1-29-12-10-24(11-13-29)30-14-8-23(9-15-30)28(34-16-17-35-28)22-5-2-20(3-6-22)27(31)21-4-7-25-26(18-21)33-19-32-25/h2-7,18,23-24,27,31H,8-17,19H2,1H3. The zero-order valence-electron chi connectivity index (χ0n) is 20.5. The van der Waals surface area contributed by atoms with Gasteiger partial charge in [-0.05, 0) is 82.2 Å². The van der Waals surface area contributed by atoms with Crippen LogP contribution in [0, 0.1) is 5.92 Å². The average molecular weight is 481 g/mol. The third-order valence-electron chi connectivity index (χ3n) is 8.33. The normalized spacial score (nSPS) is 24.6. The smallest absolute Gasteiger partial charge is 0.231 e. The summed E-state index contributed by atoms with van der Waals surface area (Å²) in [7, 11) is 2.22. The first-order valence-electron chi connectivity index (χ1n) is 13.0. The van der Waals surface area contributed by atoms with E-state index in [0.717, 1.165) is 48.4 Å². The van der Waals surface area contributed by atoms with Gasteiger partial charge in [0.15, 0.2) is 17.3 Å². The highest BCUT2D eigenvalue weighted by atomic mass is 16.7. The van der Waals surface area contributed by atoms with E-state index in [-0.39, 0.29) is 6.79 Å². The maximum Gasteiger partial charge on any atom is 0.231 e. The average Bonchev–Trinajstić information content (AvgIpc) is 3.59. The summed E-state index contributed by atoms with van der Waals surface area (Å²) >= 11 is 0. The van der Waals surface area contributed by atoms with Crippen LogP contribution >= 0.6 is 0 Å². The fourth-order valence-corrected chi connectivity index (χ4v) is 6.24. The second kappa shape index (κ2) is 9.71. The molecule has 0 amide bonds. The van der Waals surface area contributed by atoms with Crippen LogP contribution in [0.4, 0.5) is 0 Å². The summed E-state index contributed by atoms with van der Waals surface area (Å²) < 4.78 is 23.6. The molecule has 2 aromatic rings. The zero-order valence-corrected chi connectivity index (χ0v) is 20.5. The van der Waals surface area contributed by atoms with E-state index in [1.54, 1.807) is 0 Å². The van der Waals surface area contributed by atoms with Crippen LogP contribution in [0.5, 0.6) is 11.5 Å². The van der Waals surface area contributed by atoms with E-state index < -0.39 is 11.9 Å². The second-order valence-corrected chi connectivity index (χ2v) is 10.3. The fourth-order valence-electron chi connectivity index (χ4n) is 6.24. The van der Waals surface area contributed by atoms with E-state index >= 15 is 0 Å². The first-order chi connectivity index (χ1) is 17.1. The largest absolute Gasteiger partial charge is 0.454 e. The van der Waals surface area contributed by atoms with Crippen LogP contribution < -0.4 is 9.47 Å². The van der Waals surface area contributed by atoms with Crippen LogP contribution in [0.15, 0.2) is 42.5 Å². The predicted molar refractivity (Wildman–Crippen MR) is 131 cm³/mol. The van der Waals surface area contributed by atoms with Crippen molar-refractivity contribution >= 4 is 0 Å². The summed E-state index contributed by atoms with van der Waals surface area (Å²) in [5.41, 5.74) is 2.67. The van der Waals surface area contributed by atoms with Gasteiger partial charge in [-0.15, -0.1) is 0 Å². The van der Waals surface area contributed by atoms with Gasteiger partial charge in [-0.25, -0.2) is 0 Å². The van der Waals surface area contributed by atoms with Crippen molar-refractivity contribution in [1.82, 2.24) is 9.80 Å². The Morgan fingerprint density at radius 3 is 2.20 bits per heavy atom. The molecule has 3 fully saturated rings. The molecule has 0 radical (unpaired) electrons. The van der Waals surface area contributed by atoms with Gasteiger partial charge >= 0.3 is 0 Å². The maximum atomic E-state index is 11.0. The van der Waals surface area contributed by atoms with Crippen LogP contribution in [-0.2, 0) is 15.3 Å². The topological polar surface area (TPSA) is 63.6 Å². The molecule has 0 bridgehead atoms. The molecule has 1 atom stereocenters. The van der Waals surface area contributed by atoms with Crippen molar-refractivity contribution < 1.29 is 24.1 Å². The molecule has 4 aliphatic heterocycles. The summed E-state index contributed by atoms with van der Waals surface area (Å²) in [6.07, 6.45) is 3.96. The Morgan fingerprint density at radius 2 is 1.49 bits per heavy atom. The van der Waals surface area contributed by atoms with Crippen LogP contribution in [0.3, 0.4) is 0 Å². The van der Waals surface area contributed by atoms with Crippen molar-refractivity contribution in [2.24, 2.45) is 5.92 Å². The molecule has 4 aliphatic rings. The number of piperidine rings is 2. The summed E-state index contributed by atoms with van der Waals surface area (Å²) in [6, 6.07) is 14.4. The Morgan fingerprint density at radius 1 is 0.829 bits per heavy atom. The molecule has 2 aromatic carbocycles. The van der Waals surface area contributed by atoms with Crippen LogP contribution in [0.1, 0.15) is 48.5 Å². The van der Waals surface area contributed by atoms with Crippen molar-refractivity contribution in [2.75, 3.05) is 53.2 Å². The lowest BCUT2D eigenvalue weighted by atomic mass is 9.82. The van der Waals surface area contributed by atoms with E-state index in [9.17, 15) is 5.11 Å². The Balaban J connectivity index is 1.15. The Hall–Kier alpha value is -2.16. The van der Waals surface area contributed by atoms with Gasteiger partial charge in [0.25, 0.3) is 0 Å². The Bertz CT molecular complexity index is 1010. The third-order valence-corrected chi connectivity index (χ3v) is 8.33. The number of hydrogen-bond acceptors (Lipinski definition) is 7. The fraction of sp³-hybridized carbons (Fsp3) is 0.571. The van der Waals surface area contributed by atoms with Crippen LogP contribution in [0.2, 0.25) is 0 Å². The van der Waals surface area contributed by atoms with Gasteiger partial charge in [0.05, 0.1) is 13.2 Å². The van der Waals surface area contributed by atoms with Gasteiger partial charge in [0.1, 0.15) is 6.10 Å². The highest BCUT2D eigenvalue weighted by Crippen LogP contribution is 2.44. The predicted octanol–water partition coefficient (Wildman–Crippen LogP) is 3.50. The molecule has 0 aliphatic carbocycles. The number of benzene rings is 2. The van der Waals surface area contributed by atoms with Crippen molar-refractivity contribution in [2.45, 2.75) is 43.6 Å². The molecule has 1 unspecified atom stereocenters. The molecule has 35 heavy (non-hydrogen) atoms. The molecule has 1 N–H and O–H groups in total. The van der Waals surface area contributed by atoms with Crippen molar-refractivity contribution in [3.05, 3.63) is 59.2 Å². The zero-order chi connectivity index (χ0) is 23.8. The van der Waals surface area contributed by atoms with E-state index in [2.05, 4.69) is 29.0 Å². The van der Waals surface area contributed by atoms with Gasteiger partial charge in [-0.1, -0.05) is 30.3 Å². The molecule has 3 saturated heterocycles. The second-order valence-electron chi connectivity index (χ2n) is 10.3. The number of rotatable bonds is 5. The lowest BCUT2D eigenvalue weighted by molar-refractivity contribution is -0.215. The molecule has 6 rings (SSSR count). The molecular weight excluding hydrogens is 444 g/mol. The lowest BCUT2D eigenvalue weighted by Crippen LogP contribution is -2.50. The van der Waals surface area contributed by atoms with Gasteiger partial charge in [0.2, 0.25) is 6.79 Å². The lowest BCUT2D eigenvalue weighted by Gasteiger charge is -2.45. The number of likely N-dealkylation sites (tertiary alicyclic amines) is 2. The van der Waals surface area contributed by atoms with Gasteiger partial charge in [0, 0.05) is 17.5 Å². The number of aliphatic hydroxyl groups is 1. The molecule has 7 nitrogen and oxygen atoms in total. The summed E-state index contributed by atoms with van der Waals surface area (Å²) in [5.74, 6) is 1.05. The number of hydrogen-bond donors (Lipinski definition) is 1. The number of ether oxygens (including phenoxy) is 4. The number of nitrogens with zero attached hydrogens (tertiary/aromatic N) is 2. The minimum atomic E-state index is -0.738. The maximum absolute atomic E-state index is 11.0. The highest BCUT2D eigenvalue weighted by molar-refractivity contribution is 5.46. The first kappa shape index (κ1) is 23.3. The Kier molecular flexibility index (Phi) is 6.45. The quantitative estimate of drug-likeness (QED) is 0.703. The molecule has 0 spiro atoms. The summed E-state index contributed by atoms with van der Waals surface area (Å²) in [6.45, 7) is 6.08. The molecule has 0 aromatic heterocycles. The van der Waals surface area contributed by atoms with Crippen molar-refractivity contribution in [1.29, 1.82) is 0 Å². The first-order valence-corrected chi connectivity index (χ1v) is 13.0. The minimum absolute atomic E-state index is 0.225. The number of fused-ring (bicyclic) bond motifs is 1. The molecule has 188 valence electrons. The van der Waals surface area contributed by atoms with Gasteiger partial charge in [-0.3, -0.25) is 0 Å². The van der Waals surface area contributed by atoms with E-state index in [0.29, 0.717) is 30.9 Å². The van der Waals surface area contributed by atoms with Crippen LogP contribution in [0.25, 0.3) is 0 Å². The monoisotopic (exact) mass is 480 g/mol. The van der Waals surface area contributed by atoms with Crippen LogP contribution in [-0.4, -0.2) is 74.2 Å². The van der Waals surface area contributed by atoms with Gasteiger partial charge < -0.3 is 33.9 Å².